The van der Waals surface area contributed by atoms with Crippen LogP contribution in [0.3, 0.4) is 0 Å². The van der Waals surface area contributed by atoms with Crippen LogP contribution in [0.5, 0.6) is 0 Å². The number of likely N-dealkylation sites (N-methyl/N-ethyl adjacent to an activating group) is 1. The molecular formula is C19H21N3OS. The molecule has 0 bridgehead atoms. The zero-order valence-electron chi connectivity index (χ0n) is 14.1. The highest BCUT2D eigenvalue weighted by atomic mass is 32.1. The van der Waals surface area contributed by atoms with E-state index in [2.05, 4.69) is 16.4 Å². The summed E-state index contributed by atoms with van der Waals surface area (Å²) in [5, 5.41) is 4.35. The summed E-state index contributed by atoms with van der Waals surface area (Å²) < 4.78 is 1.13. The summed E-state index contributed by atoms with van der Waals surface area (Å²) >= 11 is 1.66. The van der Waals surface area contributed by atoms with Crippen LogP contribution >= 0.6 is 11.3 Å². The van der Waals surface area contributed by atoms with E-state index >= 15 is 0 Å². The average Bonchev–Trinajstić information content (AvgIpc) is 2.94. The van der Waals surface area contributed by atoms with Gasteiger partial charge in [0.05, 0.1) is 15.2 Å². The minimum Gasteiger partial charge on any atom is -0.374 e. The summed E-state index contributed by atoms with van der Waals surface area (Å²) in [4.78, 5) is 18.8. The number of rotatable bonds is 5. The molecule has 1 N–H and O–H groups in total. The third-order valence-corrected chi connectivity index (χ3v) is 4.82. The molecule has 0 saturated heterocycles. The first kappa shape index (κ1) is 16.5. The van der Waals surface area contributed by atoms with Gasteiger partial charge in [0.25, 0.3) is 0 Å². The molecule has 0 aliphatic carbocycles. The van der Waals surface area contributed by atoms with Crippen LogP contribution in [-0.4, -0.2) is 28.9 Å². The lowest BCUT2D eigenvalue weighted by Gasteiger charge is -2.23. The number of amides is 1. The normalized spacial score (nSPS) is 12.1. The van der Waals surface area contributed by atoms with E-state index in [-0.39, 0.29) is 11.9 Å². The summed E-state index contributed by atoms with van der Waals surface area (Å²) in [6.45, 7) is 4.51. The Labute approximate surface area is 146 Å². The van der Waals surface area contributed by atoms with Gasteiger partial charge in [-0.1, -0.05) is 30.3 Å². The molecule has 124 valence electrons. The van der Waals surface area contributed by atoms with Crippen LogP contribution in [0.4, 0.5) is 5.69 Å². The maximum atomic E-state index is 12.6. The highest BCUT2D eigenvalue weighted by molar-refractivity contribution is 7.18. The number of nitrogens with zero attached hydrogens (tertiary/aromatic N) is 2. The molecule has 1 heterocycles. The maximum Gasteiger partial charge on any atom is 0.244 e. The van der Waals surface area contributed by atoms with Crippen molar-refractivity contribution < 1.29 is 4.79 Å². The second kappa shape index (κ2) is 7.01. The van der Waals surface area contributed by atoms with E-state index in [0.717, 1.165) is 26.5 Å². The van der Waals surface area contributed by atoms with Crippen molar-refractivity contribution in [3.63, 3.8) is 0 Å². The molecule has 0 fully saturated rings. The number of benzene rings is 2. The van der Waals surface area contributed by atoms with Gasteiger partial charge in [0.2, 0.25) is 5.91 Å². The highest BCUT2D eigenvalue weighted by Gasteiger charge is 2.17. The molecule has 5 heteroatoms. The van der Waals surface area contributed by atoms with E-state index in [0.29, 0.717) is 6.54 Å². The van der Waals surface area contributed by atoms with Gasteiger partial charge in [0.1, 0.15) is 6.04 Å². The Bertz CT molecular complexity index is 844. The Morgan fingerprint density at radius 1 is 1.25 bits per heavy atom. The Balaban J connectivity index is 1.66. The third-order valence-electron chi connectivity index (χ3n) is 3.89. The summed E-state index contributed by atoms with van der Waals surface area (Å²) in [5.74, 6) is 0.0689. The standard InChI is InChI=1S/C19H21N3OS/c1-13(19(23)22(3)12-15-7-5-4-6-8-15)20-16-9-10-17-18(11-16)24-14(2)21-17/h4-11,13,20H,12H2,1-3H3/t13-/m1/s1. The molecule has 0 saturated carbocycles. The number of hydrogen-bond acceptors (Lipinski definition) is 4. The van der Waals surface area contributed by atoms with E-state index in [1.54, 1.807) is 16.2 Å². The quantitative estimate of drug-likeness (QED) is 0.762. The number of carbonyl (C=O) groups excluding carboxylic acids is 1. The van der Waals surface area contributed by atoms with Gasteiger partial charge in [-0.3, -0.25) is 4.79 Å². The zero-order valence-corrected chi connectivity index (χ0v) is 14.9. The molecule has 1 amide bonds. The number of thiazole rings is 1. The van der Waals surface area contributed by atoms with E-state index in [1.807, 2.05) is 63.4 Å². The van der Waals surface area contributed by atoms with E-state index in [1.165, 1.54) is 0 Å². The first-order valence-corrected chi connectivity index (χ1v) is 8.77. The predicted molar refractivity (Wildman–Crippen MR) is 100 cm³/mol. The summed E-state index contributed by atoms with van der Waals surface area (Å²) in [5.41, 5.74) is 3.07. The Morgan fingerprint density at radius 2 is 2.00 bits per heavy atom. The molecule has 0 aliphatic rings. The Kier molecular flexibility index (Phi) is 4.81. The van der Waals surface area contributed by atoms with Crippen molar-refractivity contribution in [2.75, 3.05) is 12.4 Å². The van der Waals surface area contributed by atoms with Crippen molar-refractivity contribution in [3.8, 4) is 0 Å². The van der Waals surface area contributed by atoms with Gasteiger partial charge >= 0.3 is 0 Å². The molecule has 0 unspecified atom stereocenters. The second-order valence-electron chi connectivity index (χ2n) is 5.96. The van der Waals surface area contributed by atoms with Crippen molar-refractivity contribution in [1.82, 2.24) is 9.88 Å². The molecule has 0 aliphatic heterocycles. The van der Waals surface area contributed by atoms with Crippen molar-refractivity contribution in [2.24, 2.45) is 0 Å². The van der Waals surface area contributed by atoms with Crippen molar-refractivity contribution in [3.05, 3.63) is 59.1 Å². The topological polar surface area (TPSA) is 45.2 Å². The van der Waals surface area contributed by atoms with Gasteiger partial charge < -0.3 is 10.2 Å². The van der Waals surface area contributed by atoms with Gasteiger partial charge in [0.15, 0.2) is 0 Å². The number of aromatic nitrogens is 1. The smallest absolute Gasteiger partial charge is 0.244 e. The fourth-order valence-electron chi connectivity index (χ4n) is 2.71. The number of anilines is 1. The monoisotopic (exact) mass is 339 g/mol. The van der Waals surface area contributed by atoms with Crippen LogP contribution in [0.15, 0.2) is 48.5 Å². The van der Waals surface area contributed by atoms with Gasteiger partial charge in [-0.05, 0) is 37.6 Å². The minimum atomic E-state index is -0.287. The Morgan fingerprint density at radius 3 is 2.75 bits per heavy atom. The van der Waals surface area contributed by atoms with Crippen LogP contribution < -0.4 is 5.32 Å². The molecule has 0 radical (unpaired) electrons. The van der Waals surface area contributed by atoms with Crippen molar-refractivity contribution in [2.45, 2.75) is 26.4 Å². The lowest BCUT2D eigenvalue weighted by Crippen LogP contribution is -2.38. The molecular weight excluding hydrogens is 318 g/mol. The number of aryl methyl sites for hydroxylation is 1. The fraction of sp³-hybridized carbons (Fsp3) is 0.263. The van der Waals surface area contributed by atoms with Gasteiger partial charge in [-0.25, -0.2) is 4.98 Å². The van der Waals surface area contributed by atoms with E-state index in [9.17, 15) is 4.79 Å². The van der Waals surface area contributed by atoms with Crippen LogP contribution in [0, 0.1) is 6.92 Å². The average molecular weight is 339 g/mol. The molecule has 1 atom stereocenters. The number of fused-ring (bicyclic) bond motifs is 1. The fourth-order valence-corrected chi connectivity index (χ4v) is 3.57. The molecule has 1 aromatic heterocycles. The highest BCUT2D eigenvalue weighted by Crippen LogP contribution is 2.25. The molecule has 4 nitrogen and oxygen atoms in total. The second-order valence-corrected chi connectivity index (χ2v) is 7.20. The maximum absolute atomic E-state index is 12.6. The lowest BCUT2D eigenvalue weighted by molar-refractivity contribution is -0.130. The first-order valence-electron chi connectivity index (χ1n) is 7.95. The van der Waals surface area contributed by atoms with E-state index in [4.69, 9.17) is 0 Å². The third kappa shape index (κ3) is 3.74. The Hall–Kier alpha value is -2.40. The minimum absolute atomic E-state index is 0.0689. The number of hydrogen-bond donors (Lipinski definition) is 1. The van der Waals surface area contributed by atoms with Crippen LogP contribution in [-0.2, 0) is 11.3 Å². The van der Waals surface area contributed by atoms with Gasteiger partial charge in [0, 0.05) is 19.3 Å². The van der Waals surface area contributed by atoms with Crippen LogP contribution in [0.2, 0.25) is 0 Å². The van der Waals surface area contributed by atoms with Crippen LogP contribution in [0.1, 0.15) is 17.5 Å². The summed E-state index contributed by atoms with van der Waals surface area (Å²) in [7, 11) is 1.84. The van der Waals surface area contributed by atoms with Crippen molar-refractivity contribution >= 4 is 33.1 Å². The summed E-state index contributed by atoms with van der Waals surface area (Å²) in [6, 6.07) is 15.8. The zero-order chi connectivity index (χ0) is 17.1. The molecule has 2 aromatic carbocycles. The SMILES string of the molecule is Cc1nc2ccc(N[C@H](C)C(=O)N(C)Cc3ccccc3)cc2s1. The first-order chi connectivity index (χ1) is 11.5. The van der Waals surface area contributed by atoms with Gasteiger partial charge in [-0.2, -0.15) is 0 Å². The number of nitrogens with one attached hydrogen (secondary N) is 1. The van der Waals surface area contributed by atoms with Gasteiger partial charge in [-0.15, -0.1) is 11.3 Å². The molecule has 3 rings (SSSR count). The van der Waals surface area contributed by atoms with Crippen molar-refractivity contribution in [1.29, 1.82) is 0 Å². The number of carbonyl (C=O) groups is 1. The molecule has 0 spiro atoms. The predicted octanol–water partition coefficient (Wildman–Crippen LogP) is 4.06. The van der Waals surface area contributed by atoms with Crippen LogP contribution in [0.25, 0.3) is 10.2 Å². The molecule has 3 aromatic rings. The summed E-state index contributed by atoms with van der Waals surface area (Å²) in [6.07, 6.45) is 0. The van der Waals surface area contributed by atoms with E-state index < -0.39 is 0 Å². The lowest BCUT2D eigenvalue weighted by atomic mass is 10.2. The molecule has 24 heavy (non-hydrogen) atoms. The largest absolute Gasteiger partial charge is 0.374 e.